The molecular formula is C12H10ClFN2. The highest BCUT2D eigenvalue weighted by Crippen LogP contribution is 2.22. The van der Waals surface area contributed by atoms with Gasteiger partial charge in [0.1, 0.15) is 5.82 Å². The Bertz CT molecular complexity index is 502. The second kappa shape index (κ2) is 4.60. The second-order valence-corrected chi connectivity index (χ2v) is 3.84. The third-order valence-electron chi connectivity index (χ3n) is 2.29. The number of hydrogen-bond donors (Lipinski definition) is 1. The first kappa shape index (κ1) is 11.0. The molecule has 0 bridgehead atoms. The van der Waals surface area contributed by atoms with Crippen LogP contribution in [0.15, 0.2) is 42.6 Å². The van der Waals surface area contributed by atoms with E-state index in [1.807, 2.05) is 0 Å². The van der Waals surface area contributed by atoms with Gasteiger partial charge in [0.2, 0.25) is 0 Å². The molecule has 0 saturated heterocycles. The molecule has 4 heteroatoms. The number of aromatic nitrogens is 1. The molecule has 16 heavy (non-hydrogen) atoms. The van der Waals surface area contributed by atoms with Crippen molar-refractivity contribution in [3.8, 4) is 0 Å². The van der Waals surface area contributed by atoms with Crippen molar-refractivity contribution in [3.63, 3.8) is 0 Å². The van der Waals surface area contributed by atoms with E-state index >= 15 is 0 Å². The van der Waals surface area contributed by atoms with Crippen molar-refractivity contribution in [1.82, 2.24) is 4.98 Å². The van der Waals surface area contributed by atoms with Gasteiger partial charge in [0.25, 0.3) is 0 Å². The van der Waals surface area contributed by atoms with Crippen LogP contribution in [0.3, 0.4) is 0 Å². The van der Waals surface area contributed by atoms with Crippen LogP contribution >= 0.6 is 11.6 Å². The SMILES string of the molecule is NC(c1cccc(Cl)c1)c1ncccc1F. The molecule has 0 aliphatic carbocycles. The van der Waals surface area contributed by atoms with E-state index in [0.717, 1.165) is 5.56 Å². The van der Waals surface area contributed by atoms with Gasteiger partial charge in [0, 0.05) is 11.2 Å². The van der Waals surface area contributed by atoms with E-state index in [1.165, 1.54) is 18.3 Å². The summed E-state index contributed by atoms with van der Waals surface area (Å²) in [5.41, 5.74) is 6.89. The monoisotopic (exact) mass is 236 g/mol. The molecule has 1 atom stereocenters. The van der Waals surface area contributed by atoms with Crippen LogP contribution in [0, 0.1) is 5.82 Å². The van der Waals surface area contributed by atoms with Crippen LogP contribution < -0.4 is 5.73 Å². The van der Waals surface area contributed by atoms with Crippen LogP contribution in [0.1, 0.15) is 17.3 Å². The van der Waals surface area contributed by atoms with Gasteiger partial charge in [0.05, 0.1) is 11.7 Å². The van der Waals surface area contributed by atoms with Crippen molar-refractivity contribution in [3.05, 3.63) is 64.7 Å². The Morgan fingerprint density at radius 2 is 2.06 bits per heavy atom. The summed E-state index contributed by atoms with van der Waals surface area (Å²) in [5.74, 6) is -0.407. The average Bonchev–Trinajstić information content (AvgIpc) is 2.29. The van der Waals surface area contributed by atoms with E-state index in [1.54, 1.807) is 24.3 Å². The summed E-state index contributed by atoms with van der Waals surface area (Å²) in [4.78, 5) is 3.94. The lowest BCUT2D eigenvalue weighted by Crippen LogP contribution is -2.15. The van der Waals surface area contributed by atoms with E-state index in [2.05, 4.69) is 4.98 Å². The number of nitrogens with two attached hydrogens (primary N) is 1. The van der Waals surface area contributed by atoms with Gasteiger partial charge in [-0.3, -0.25) is 4.98 Å². The number of halogens is 2. The third-order valence-corrected chi connectivity index (χ3v) is 2.52. The first-order valence-corrected chi connectivity index (χ1v) is 5.18. The molecule has 2 N–H and O–H groups in total. The molecule has 82 valence electrons. The van der Waals surface area contributed by atoms with E-state index in [4.69, 9.17) is 17.3 Å². The molecule has 0 aliphatic rings. The largest absolute Gasteiger partial charge is 0.319 e. The standard InChI is InChI=1S/C12H10ClFN2/c13-9-4-1-3-8(7-9)11(15)12-10(14)5-2-6-16-12/h1-7,11H,15H2. The molecule has 1 aromatic heterocycles. The lowest BCUT2D eigenvalue weighted by Gasteiger charge is -2.12. The molecule has 0 radical (unpaired) electrons. The van der Waals surface area contributed by atoms with E-state index in [9.17, 15) is 4.39 Å². The molecule has 0 saturated carbocycles. The Labute approximate surface area is 97.9 Å². The summed E-state index contributed by atoms with van der Waals surface area (Å²) in [5, 5.41) is 0.573. The predicted molar refractivity (Wildman–Crippen MR) is 61.7 cm³/mol. The van der Waals surface area contributed by atoms with Crippen molar-refractivity contribution < 1.29 is 4.39 Å². The van der Waals surface area contributed by atoms with Crippen LogP contribution in [-0.2, 0) is 0 Å². The minimum absolute atomic E-state index is 0.227. The Morgan fingerprint density at radius 1 is 1.25 bits per heavy atom. The van der Waals surface area contributed by atoms with Gasteiger partial charge >= 0.3 is 0 Å². The van der Waals surface area contributed by atoms with Gasteiger partial charge in [0.15, 0.2) is 0 Å². The molecule has 0 amide bonds. The number of hydrogen-bond acceptors (Lipinski definition) is 2. The highest BCUT2D eigenvalue weighted by atomic mass is 35.5. The molecule has 2 nitrogen and oxygen atoms in total. The molecule has 1 aromatic carbocycles. The van der Waals surface area contributed by atoms with E-state index < -0.39 is 11.9 Å². The zero-order valence-corrected chi connectivity index (χ0v) is 9.16. The highest BCUT2D eigenvalue weighted by Gasteiger charge is 2.14. The number of rotatable bonds is 2. The van der Waals surface area contributed by atoms with Crippen LogP contribution in [0.4, 0.5) is 4.39 Å². The van der Waals surface area contributed by atoms with Crippen molar-refractivity contribution >= 4 is 11.6 Å². The summed E-state index contributed by atoms with van der Waals surface area (Å²) in [6, 6.07) is 9.30. The highest BCUT2D eigenvalue weighted by molar-refractivity contribution is 6.30. The molecule has 2 aromatic rings. The first-order chi connectivity index (χ1) is 7.68. The Balaban J connectivity index is 2.39. The van der Waals surface area contributed by atoms with Crippen molar-refractivity contribution in [2.24, 2.45) is 5.73 Å². The number of nitrogens with zero attached hydrogens (tertiary/aromatic N) is 1. The lowest BCUT2D eigenvalue weighted by molar-refractivity contribution is 0.586. The lowest BCUT2D eigenvalue weighted by atomic mass is 10.0. The van der Waals surface area contributed by atoms with Crippen LogP contribution in [0.2, 0.25) is 5.02 Å². The first-order valence-electron chi connectivity index (χ1n) is 4.80. The molecule has 1 unspecified atom stereocenters. The topological polar surface area (TPSA) is 38.9 Å². The second-order valence-electron chi connectivity index (χ2n) is 3.40. The minimum atomic E-state index is -0.597. The summed E-state index contributed by atoms with van der Waals surface area (Å²) >= 11 is 5.85. The van der Waals surface area contributed by atoms with E-state index in [-0.39, 0.29) is 5.69 Å². The summed E-state index contributed by atoms with van der Waals surface area (Å²) in [6.45, 7) is 0. The maximum atomic E-state index is 13.5. The normalized spacial score (nSPS) is 12.4. The zero-order chi connectivity index (χ0) is 11.5. The maximum Gasteiger partial charge on any atom is 0.146 e. The number of pyridine rings is 1. The fourth-order valence-corrected chi connectivity index (χ4v) is 1.68. The van der Waals surface area contributed by atoms with Crippen molar-refractivity contribution in [1.29, 1.82) is 0 Å². The van der Waals surface area contributed by atoms with Crippen LogP contribution in [-0.4, -0.2) is 4.98 Å². The third kappa shape index (κ3) is 2.21. The Morgan fingerprint density at radius 3 is 2.75 bits per heavy atom. The van der Waals surface area contributed by atoms with Gasteiger partial charge < -0.3 is 5.73 Å². The van der Waals surface area contributed by atoms with Crippen molar-refractivity contribution in [2.45, 2.75) is 6.04 Å². The minimum Gasteiger partial charge on any atom is -0.319 e. The van der Waals surface area contributed by atoms with Crippen LogP contribution in [0.25, 0.3) is 0 Å². The van der Waals surface area contributed by atoms with E-state index in [0.29, 0.717) is 5.02 Å². The van der Waals surface area contributed by atoms with Gasteiger partial charge in [-0.25, -0.2) is 4.39 Å². The molecule has 0 fully saturated rings. The van der Waals surface area contributed by atoms with Crippen LogP contribution in [0.5, 0.6) is 0 Å². The molecule has 0 spiro atoms. The Kier molecular flexibility index (Phi) is 3.17. The zero-order valence-electron chi connectivity index (χ0n) is 8.40. The summed E-state index contributed by atoms with van der Waals surface area (Å²) < 4.78 is 13.5. The Hall–Kier alpha value is -1.45. The van der Waals surface area contributed by atoms with Gasteiger partial charge in [-0.15, -0.1) is 0 Å². The quantitative estimate of drug-likeness (QED) is 0.871. The van der Waals surface area contributed by atoms with Gasteiger partial charge in [-0.05, 0) is 29.8 Å². The smallest absolute Gasteiger partial charge is 0.146 e. The predicted octanol–water partition coefficient (Wildman–Crippen LogP) is 2.92. The molecule has 0 aliphatic heterocycles. The summed E-state index contributed by atoms with van der Waals surface area (Å²) in [7, 11) is 0. The van der Waals surface area contributed by atoms with Gasteiger partial charge in [-0.1, -0.05) is 23.7 Å². The number of benzene rings is 1. The molecule has 2 rings (SSSR count). The van der Waals surface area contributed by atoms with Crippen molar-refractivity contribution in [2.75, 3.05) is 0 Å². The summed E-state index contributed by atoms with van der Waals surface area (Å²) in [6.07, 6.45) is 1.52. The molecule has 1 heterocycles. The maximum absolute atomic E-state index is 13.5. The fraction of sp³-hybridized carbons (Fsp3) is 0.0833. The molecular weight excluding hydrogens is 227 g/mol. The average molecular weight is 237 g/mol. The van der Waals surface area contributed by atoms with Gasteiger partial charge in [-0.2, -0.15) is 0 Å². The fourth-order valence-electron chi connectivity index (χ4n) is 1.48.